The fourth-order valence-electron chi connectivity index (χ4n) is 1.21. The Bertz CT molecular complexity index is 299. The van der Waals surface area contributed by atoms with Gasteiger partial charge in [-0.3, -0.25) is 0 Å². The van der Waals surface area contributed by atoms with Crippen molar-refractivity contribution >= 4 is 5.97 Å². The molecule has 1 atom stereocenters. The van der Waals surface area contributed by atoms with E-state index in [2.05, 4.69) is 0 Å². The first-order chi connectivity index (χ1) is 6.11. The summed E-state index contributed by atoms with van der Waals surface area (Å²) in [7, 11) is 0. The van der Waals surface area contributed by atoms with Gasteiger partial charge in [-0.15, -0.1) is 0 Å². The number of carboxylic acid groups (broad SMARTS) is 1. The van der Waals surface area contributed by atoms with Gasteiger partial charge in [0.2, 0.25) is 0 Å². The van der Waals surface area contributed by atoms with Crippen LogP contribution in [0.3, 0.4) is 0 Å². The average molecular weight is 197 g/mol. The second-order valence-electron chi connectivity index (χ2n) is 3.00. The van der Waals surface area contributed by atoms with Gasteiger partial charge in [-0.25, -0.2) is 4.79 Å². The van der Waals surface area contributed by atoms with Gasteiger partial charge < -0.3 is 16.3 Å². The molecule has 1 aromatic carbocycles. The van der Waals surface area contributed by atoms with Crippen molar-refractivity contribution in [1.29, 1.82) is 0 Å². The van der Waals surface area contributed by atoms with Crippen LogP contribution in [-0.2, 0) is 10.3 Å². The van der Waals surface area contributed by atoms with Crippen molar-refractivity contribution in [3.05, 3.63) is 35.9 Å². The maximum absolute atomic E-state index is 10.9. The SMILES string of the molecule is CC[C@](N)(C(=O)O)c1ccccc1.O. The predicted octanol–water partition coefficient (Wildman–Crippen LogP) is 0.510. The number of hydrogen-bond donors (Lipinski definition) is 2. The normalized spacial score (nSPS) is 13.9. The van der Waals surface area contributed by atoms with E-state index in [9.17, 15) is 4.79 Å². The lowest BCUT2D eigenvalue weighted by Crippen LogP contribution is -2.44. The van der Waals surface area contributed by atoms with Gasteiger partial charge in [0.15, 0.2) is 0 Å². The Kier molecular flexibility index (Phi) is 4.27. The first-order valence-electron chi connectivity index (χ1n) is 4.19. The Morgan fingerprint density at radius 1 is 1.43 bits per heavy atom. The summed E-state index contributed by atoms with van der Waals surface area (Å²) >= 11 is 0. The Morgan fingerprint density at radius 2 is 1.93 bits per heavy atom. The molecule has 14 heavy (non-hydrogen) atoms. The molecule has 1 rings (SSSR count). The Morgan fingerprint density at radius 3 is 2.29 bits per heavy atom. The fraction of sp³-hybridized carbons (Fsp3) is 0.300. The van der Waals surface area contributed by atoms with E-state index < -0.39 is 11.5 Å². The zero-order chi connectivity index (χ0) is 9.90. The van der Waals surface area contributed by atoms with E-state index in [4.69, 9.17) is 10.8 Å². The Balaban J connectivity index is 0.00000169. The molecular weight excluding hydrogens is 182 g/mol. The molecule has 0 saturated carbocycles. The van der Waals surface area contributed by atoms with Gasteiger partial charge >= 0.3 is 5.97 Å². The van der Waals surface area contributed by atoms with Gasteiger partial charge in [-0.05, 0) is 12.0 Å². The van der Waals surface area contributed by atoms with Gasteiger partial charge in [0.05, 0.1) is 0 Å². The van der Waals surface area contributed by atoms with E-state index in [1.807, 2.05) is 6.07 Å². The zero-order valence-corrected chi connectivity index (χ0v) is 8.03. The molecule has 0 amide bonds. The van der Waals surface area contributed by atoms with E-state index in [1.165, 1.54) is 0 Å². The Hall–Kier alpha value is -1.39. The first kappa shape index (κ1) is 12.6. The topological polar surface area (TPSA) is 94.8 Å². The van der Waals surface area contributed by atoms with Crippen molar-refractivity contribution < 1.29 is 15.4 Å². The van der Waals surface area contributed by atoms with Crippen LogP contribution in [0, 0.1) is 0 Å². The minimum Gasteiger partial charge on any atom is -0.480 e. The highest BCUT2D eigenvalue weighted by atomic mass is 16.4. The predicted molar refractivity (Wildman–Crippen MR) is 53.8 cm³/mol. The lowest BCUT2D eigenvalue weighted by Gasteiger charge is -2.23. The van der Waals surface area contributed by atoms with Crippen molar-refractivity contribution in [2.75, 3.05) is 0 Å². The summed E-state index contributed by atoms with van der Waals surface area (Å²) in [5, 5.41) is 8.96. The molecule has 1 aromatic rings. The van der Waals surface area contributed by atoms with Crippen molar-refractivity contribution in [1.82, 2.24) is 0 Å². The highest BCUT2D eigenvalue weighted by Gasteiger charge is 2.33. The lowest BCUT2D eigenvalue weighted by molar-refractivity contribution is -0.143. The average Bonchev–Trinajstić information content (AvgIpc) is 2.17. The third kappa shape index (κ3) is 2.10. The molecular formula is C10H15NO3. The monoisotopic (exact) mass is 197 g/mol. The fourth-order valence-corrected chi connectivity index (χ4v) is 1.21. The van der Waals surface area contributed by atoms with Crippen LogP contribution in [0.15, 0.2) is 30.3 Å². The molecule has 5 N–H and O–H groups in total. The van der Waals surface area contributed by atoms with Gasteiger partial charge in [-0.2, -0.15) is 0 Å². The molecule has 4 heteroatoms. The summed E-state index contributed by atoms with van der Waals surface area (Å²) in [6.45, 7) is 1.76. The largest absolute Gasteiger partial charge is 0.480 e. The molecule has 0 bridgehead atoms. The molecule has 4 nitrogen and oxygen atoms in total. The van der Waals surface area contributed by atoms with Gasteiger partial charge in [-0.1, -0.05) is 37.3 Å². The summed E-state index contributed by atoms with van der Waals surface area (Å²) in [4.78, 5) is 10.9. The molecule has 0 aliphatic heterocycles. The van der Waals surface area contributed by atoms with E-state index in [0.29, 0.717) is 12.0 Å². The molecule has 0 aliphatic carbocycles. The highest BCUT2D eigenvalue weighted by molar-refractivity contribution is 5.80. The first-order valence-corrected chi connectivity index (χ1v) is 4.19. The van der Waals surface area contributed by atoms with E-state index in [1.54, 1.807) is 31.2 Å². The highest BCUT2D eigenvalue weighted by Crippen LogP contribution is 2.21. The van der Waals surface area contributed by atoms with Crippen LogP contribution < -0.4 is 5.73 Å². The second-order valence-corrected chi connectivity index (χ2v) is 3.00. The van der Waals surface area contributed by atoms with Crippen LogP contribution in [0.4, 0.5) is 0 Å². The number of hydrogen-bond acceptors (Lipinski definition) is 2. The summed E-state index contributed by atoms with van der Waals surface area (Å²) in [6, 6.07) is 8.88. The van der Waals surface area contributed by atoms with Crippen LogP contribution >= 0.6 is 0 Å². The third-order valence-electron chi connectivity index (χ3n) is 2.23. The minimum atomic E-state index is -1.25. The van der Waals surface area contributed by atoms with Crippen LogP contribution in [0.1, 0.15) is 18.9 Å². The Labute approximate surface area is 82.7 Å². The van der Waals surface area contributed by atoms with Gasteiger partial charge in [0, 0.05) is 0 Å². The molecule has 0 aromatic heterocycles. The number of carboxylic acids is 1. The third-order valence-corrected chi connectivity index (χ3v) is 2.23. The molecule has 0 aliphatic rings. The molecule has 0 radical (unpaired) electrons. The number of carbonyl (C=O) groups is 1. The summed E-state index contributed by atoms with van der Waals surface area (Å²) in [5.74, 6) is -0.985. The van der Waals surface area contributed by atoms with Crippen molar-refractivity contribution in [3.8, 4) is 0 Å². The van der Waals surface area contributed by atoms with Crippen molar-refractivity contribution in [2.24, 2.45) is 5.73 Å². The second kappa shape index (κ2) is 4.74. The van der Waals surface area contributed by atoms with Crippen molar-refractivity contribution in [2.45, 2.75) is 18.9 Å². The van der Waals surface area contributed by atoms with Gasteiger partial charge in [0.1, 0.15) is 5.54 Å². The maximum atomic E-state index is 10.9. The molecule has 78 valence electrons. The summed E-state index contributed by atoms with van der Waals surface area (Å²) in [5.41, 5.74) is 5.16. The van der Waals surface area contributed by atoms with Crippen LogP contribution in [-0.4, -0.2) is 16.6 Å². The van der Waals surface area contributed by atoms with E-state index in [-0.39, 0.29) is 5.48 Å². The molecule has 0 unspecified atom stereocenters. The zero-order valence-electron chi connectivity index (χ0n) is 8.03. The molecule has 0 heterocycles. The van der Waals surface area contributed by atoms with E-state index in [0.717, 1.165) is 0 Å². The maximum Gasteiger partial charge on any atom is 0.328 e. The smallest absolute Gasteiger partial charge is 0.328 e. The van der Waals surface area contributed by atoms with E-state index >= 15 is 0 Å². The van der Waals surface area contributed by atoms with Crippen molar-refractivity contribution in [3.63, 3.8) is 0 Å². The number of rotatable bonds is 3. The molecule has 0 spiro atoms. The van der Waals surface area contributed by atoms with Gasteiger partial charge in [0.25, 0.3) is 0 Å². The number of benzene rings is 1. The molecule has 0 fully saturated rings. The summed E-state index contributed by atoms with van der Waals surface area (Å²) < 4.78 is 0. The number of nitrogens with two attached hydrogens (primary N) is 1. The quantitative estimate of drug-likeness (QED) is 0.739. The van der Waals surface area contributed by atoms with Crippen LogP contribution in [0.2, 0.25) is 0 Å². The minimum absolute atomic E-state index is 0. The van der Waals surface area contributed by atoms with Crippen LogP contribution in [0.5, 0.6) is 0 Å². The number of aliphatic carboxylic acids is 1. The summed E-state index contributed by atoms with van der Waals surface area (Å²) in [6.07, 6.45) is 0.381. The molecule has 0 saturated heterocycles. The standard InChI is InChI=1S/C10H13NO2.H2O/c1-2-10(11,9(12)13)8-6-4-3-5-7-8;/h3-7H,2,11H2,1H3,(H,12,13);1H2/t10-;/m1./s1. The lowest BCUT2D eigenvalue weighted by atomic mass is 9.89. The van der Waals surface area contributed by atoms with Crippen LogP contribution in [0.25, 0.3) is 0 Å².